The van der Waals surface area contributed by atoms with Crippen molar-refractivity contribution in [1.29, 1.82) is 0 Å². The van der Waals surface area contributed by atoms with Gasteiger partial charge >= 0.3 is 0 Å². The highest BCUT2D eigenvalue weighted by Crippen LogP contribution is 2.39. The molecular formula is C17H21N4S+. The lowest BCUT2D eigenvalue weighted by molar-refractivity contribution is -0.444. The molecule has 1 saturated heterocycles. The Morgan fingerprint density at radius 3 is 2.82 bits per heavy atom. The van der Waals surface area contributed by atoms with Crippen LogP contribution in [0, 0.1) is 5.92 Å². The average molecular weight is 313 g/mol. The van der Waals surface area contributed by atoms with E-state index in [-0.39, 0.29) is 6.04 Å². The van der Waals surface area contributed by atoms with Crippen molar-refractivity contribution >= 4 is 23.2 Å². The number of rotatable bonds is 2. The van der Waals surface area contributed by atoms with Crippen molar-refractivity contribution in [2.75, 3.05) is 13.1 Å². The summed E-state index contributed by atoms with van der Waals surface area (Å²) in [7, 11) is 0. The molecule has 0 saturated carbocycles. The van der Waals surface area contributed by atoms with Gasteiger partial charge in [0.15, 0.2) is 5.11 Å². The quantitative estimate of drug-likeness (QED) is 0.595. The van der Waals surface area contributed by atoms with Crippen LogP contribution in [0.1, 0.15) is 30.9 Å². The first-order chi connectivity index (χ1) is 10.8. The summed E-state index contributed by atoms with van der Waals surface area (Å²) >= 11 is 5.47. The van der Waals surface area contributed by atoms with E-state index in [9.17, 15) is 0 Å². The molecule has 2 aliphatic heterocycles. The molecule has 2 heterocycles. The normalized spacial score (nSPS) is 27.5. The maximum absolute atomic E-state index is 5.47. The summed E-state index contributed by atoms with van der Waals surface area (Å²) in [4.78, 5) is 3.47. The molecule has 22 heavy (non-hydrogen) atoms. The number of hydrogen-bond acceptors (Lipinski definition) is 2. The number of benzene rings is 1. The second-order valence-electron chi connectivity index (χ2n) is 6.11. The van der Waals surface area contributed by atoms with Gasteiger partial charge < -0.3 is 10.6 Å². The third-order valence-electron chi connectivity index (χ3n) is 4.76. The smallest absolute Gasteiger partial charge is 0.272 e. The maximum Gasteiger partial charge on any atom is 0.272 e. The van der Waals surface area contributed by atoms with Crippen LogP contribution in [0.5, 0.6) is 0 Å². The first kappa shape index (κ1) is 13.8. The van der Waals surface area contributed by atoms with Gasteiger partial charge in [-0.25, -0.2) is 0 Å². The topological polar surface area (TPSA) is 50.1 Å². The lowest BCUT2D eigenvalue weighted by Gasteiger charge is -2.40. The van der Waals surface area contributed by atoms with Crippen molar-refractivity contribution in [3.05, 3.63) is 47.2 Å². The van der Waals surface area contributed by atoms with Crippen molar-refractivity contribution in [2.24, 2.45) is 5.92 Å². The van der Waals surface area contributed by atoms with Gasteiger partial charge in [0.2, 0.25) is 0 Å². The van der Waals surface area contributed by atoms with E-state index in [4.69, 9.17) is 12.2 Å². The van der Waals surface area contributed by atoms with E-state index in [1.165, 1.54) is 35.5 Å². The molecule has 4 nitrogen and oxygen atoms in total. The summed E-state index contributed by atoms with van der Waals surface area (Å²) < 4.78 is 0. The van der Waals surface area contributed by atoms with Crippen LogP contribution in [0.2, 0.25) is 0 Å². The first-order valence-electron chi connectivity index (χ1n) is 8.03. The Morgan fingerprint density at radius 2 is 2.05 bits per heavy atom. The van der Waals surface area contributed by atoms with Crippen LogP contribution >= 0.6 is 12.2 Å². The molecule has 114 valence electrons. The van der Waals surface area contributed by atoms with Crippen LogP contribution < -0.4 is 20.9 Å². The highest BCUT2D eigenvalue weighted by molar-refractivity contribution is 7.80. The molecule has 0 amide bonds. The van der Waals surface area contributed by atoms with Crippen molar-refractivity contribution < 1.29 is 4.99 Å². The molecule has 1 aromatic rings. The lowest BCUT2D eigenvalue weighted by atomic mass is 9.78. The van der Waals surface area contributed by atoms with Crippen LogP contribution in [0.25, 0.3) is 0 Å². The number of nitrogens with one attached hydrogen (secondary N) is 4. The van der Waals surface area contributed by atoms with Gasteiger partial charge in [-0.15, -0.1) is 0 Å². The molecule has 3 aliphatic rings. The predicted octanol–water partition coefficient (Wildman–Crippen LogP) is 0.342. The molecule has 0 radical (unpaired) electrons. The Balaban J connectivity index is 1.75. The van der Waals surface area contributed by atoms with Gasteiger partial charge in [0.25, 0.3) is 5.84 Å². The highest BCUT2D eigenvalue weighted by atomic mass is 32.1. The fourth-order valence-electron chi connectivity index (χ4n) is 3.79. The van der Waals surface area contributed by atoms with E-state index >= 15 is 0 Å². The Labute approximate surface area is 136 Å². The minimum Gasteiger partial charge on any atom is -0.355 e. The molecule has 2 atom stereocenters. The van der Waals surface area contributed by atoms with Crippen molar-refractivity contribution in [2.45, 2.75) is 25.3 Å². The minimum atomic E-state index is 0.266. The minimum absolute atomic E-state index is 0.266. The van der Waals surface area contributed by atoms with Gasteiger partial charge in [-0.3, -0.25) is 10.3 Å². The SMILES string of the molecule is S=C1NC2=C(C3=[NH+]CCN3)CCC[C@H]2[C@@H](c2ccccc2)N1. The van der Waals surface area contributed by atoms with E-state index < -0.39 is 0 Å². The van der Waals surface area contributed by atoms with Gasteiger partial charge in [0.05, 0.1) is 11.6 Å². The second kappa shape index (κ2) is 5.72. The summed E-state index contributed by atoms with van der Waals surface area (Å²) in [6.45, 7) is 2.00. The predicted molar refractivity (Wildman–Crippen MR) is 91.3 cm³/mol. The summed E-state index contributed by atoms with van der Waals surface area (Å²) in [5.74, 6) is 1.65. The average Bonchev–Trinajstić information content (AvgIpc) is 3.08. The van der Waals surface area contributed by atoms with E-state index in [1.54, 1.807) is 0 Å². The van der Waals surface area contributed by atoms with Crippen LogP contribution in [0.4, 0.5) is 0 Å². The van der Waals surface area contributed by atoms with E-state index in [1.807, 2.05) is 0 Å². The monoisotopic (exact) mass is 313 g/mol. The Morgan fingerprint density at radius 1 is 1.18 bits per heavy atom. The molecule has 0 unspecified atom stereocenters. The van der Waals surface area contributed by atoms with Crippen LogP contribution in [0.15, 0.2) is 41.6 Å². The van der Waals surface area contributed by atoms with E-state index in [2.05, 4.69) is 51.3 Å². The molecule has 0 aromatic heterocycles. The van der Waals surface area contributed by atoms with Crippen LogP contribution in [0.3, 0.4) is 0 Å². The Hall–Kier alpha value is -1.88. The Bertz CT molecular complexity index is 650. The third-order valence-corrected chi connectivity index (χ3v) is 4.98. The van der Waals surface area contributed by atoms with Gasteiger partial charge in [-0.05, 0) is 37.0 Å². The maximum atomic E-state index is 5.47. The second-order valence-corrected chi connectivity index (χ2v) is 6.51. The van der Waals surface area contributed by atoms with Crippen LogP contribution in [-0.4, -0.2) is 24.0 Å². The zero-order valence-electron chi connectivity index (χ0n) is 12.5. The molecule has 4 rings (SSSR count). The summed E-state index contributed by atoms with van der Waals surface area (Å²) in [5.41, 5.74) is 4.01. The van der Waals surface area contributed by atoms with Gasteiger partial charge in [0, 0.05) is 11.6 Å². The first-order valence-corrected chi connectivity index (χ1v) is 8.44. The number of thiocarbonyl (C=S) groups is 1. The molecule has 0 bridgehead atoms. The summed E-state index contributed by atoms with van der Waals surface area (Å²) in [6.07, 6.45) is 3.52. The van der Waals surface area contributed by atoms with Gasteiger partial charge in [-0.1, -0.05) is 30.3 Å². The number of fused-ring (bicyclic) bond motifs is 1. The van der Waals surface area contributed by atoms with E-state index in [0.717, 1.165) is 24.6 Å². The molecular weight excluding hydrogens is 292 g/mol. The highest BCUT2D eigenvalue weighted by Gasteiger charge is 2.38. The number of amidine groups is 1. The van der Waals surface area contributed by atoms with Gasteiger partial charge in [0.1, 0.15) is 13.1 Å². The third kappa shape index (κ3) is 2.39. The molecule has 1 aliphatic carbocycles. The van der Waals surface area contributed by atoms with Gasteiger partial charge in [-0.2, -0.15) is 0 Å². The zero-order valence-corrected chi connectivity index (χ0v) is 13.3. The number of hydrogen-bond donors (Lipinski definition) is 4. The van der Waals surface area contributed by atoms with Crippen molar-refractivity contribution in [3.8, 4) is 0 Å². The van der Waals surface area contributed by atoms with Crippen molar-refractivity contribution in [3.63, 3.8) is 0 Å². The molecule has 4 N–H and O–H groups in total. The molecule has 1 fully saturated rings. The van der Waals surface area contributed by atoms with Crippen LogP contribution in [-0.2, 0) is 0 Å². The standard InChI is InChI=1S/C17H20N4S/c22-17-20-14(11-5-2-1-3-6-11)12-7-4-8-13(15(12)21-17)16-18-9-10-19-16/h1-3,5-6,12,14H,4,7-10H2,(H,18,19)(H2,20,21,22)/p+1/t12-,14+/m0/s1. The molecule has 5 heteroatoms. The summed E-state index contributed by atoms with van der Waals surface area (Å²) in [5, 5.41) is 11.1. The molecule has 1 aromatic carbocycles. The van der Waals surface area contributed by atoms with Crippen molar-refractivity contribution in [1.82, 2.24) is 16.0 Å². The van der Waals surface area contributed by atoms with E-state index in [0.29, 0.717) is 5.92 Å². The largest absolute Gasteiger partial charge is 0.355 e. The zero-order chi connectivity index (χ0) is 14.9. The fraction of sp³-hybridized carbons (Fsp3) is 0.412. The lowest BCUT2D eigenvalue weighted by Crippen LogP contribution is -2.71. The summed E-state index contributed by atoms with van der Waals surface area (Å²) in [6, 6.07) is 10.9. The molecule has 0 spiro atoms. The Kier molecular flexibility index (Phi) is 3.58. The fourth-order valence-corrected chi connectivity index (χ4v) is 4.03.